The first-order valence-electron chi connectivity index (χ1n) is 8.12. The van der Waals surface area contributed by atoms with E-state index in [1.165, 1.54) is 12.1 Å². The lowest BCUT2D eigenvalue weighted by Gasteiger charge is -2.21. The number of hydrogen-bond acceptors (Lipinski definition) is 4. The van der Waals surface area contributed by atoms with Crippen molar-refractivity contribution in [3.8, 4) is 0 Å². The monoisotopic (exact) mass is 333 g/mol. The highest BCUT2D eigenvalue weighted by Gasteiger charge is 2.32. The number of likely N-dealkylation sites (tertiary alicyclic amines) is 1. The molecule has 0 spiro atoms. The Hall–Kier alpha value is -2.44. The molecular formula is C17H20FN3O3. The number of rotatable bonds is 4. The van der Waals surface area contributed by atoms with Crippen molar-refractivity contribution in [1.82, 2.24) is 10.2 Å². The summed E-state index contributed by atoms with van der Waals surface area (Å²) in [6, 6.07) is 5.39. The van der Waals surface area contributed by atoms with Crippen LogP contribution in [-0.4, -0.2) is 47.7 Å². The normalized spacial score (nSPS) is 21.2. The summed E-state index contributed by atoms with van der Waals surface area (Å²) < 4.78 is 13.3. The first kappa shape index (κ1) is 16.4. The van der Waals surface area contributed by atoms with Crippen molar-refractivity contribution in [3.05, 3.63) is 35.6 Å². The molecule has 7 heteroatoms. The van der Waals surface area contributed by atoms with Gasteiger partial charge in [0.2, 0.25) is 12.0 Å². The molecule has 2 heterocycles. The highest BCUT2D eigenvalue weighted by Crippen LogP contribution is 2.18. The van der Waals surface area contributed by atoms with Gasteiger partial charge in [-0.25, -0.2) is 4.39 Å². The van der Waals surface area contributed by atoms with E-state index < -0.39 is 12.1 Å². The van der Waals surface area contributed by atoms with Gasteiger partial charge in [-0.15, -0.1) is 0 Å². The van der Waals surface area contributed by atoms with Crippen molar-refractivity contribution in [1.29, 1.82) is 0 Å². The SMILES string of the molecule is CC(NC(=O)C1CC(c2cccc(F)c2)=NO1)C(=O)N1CCCC1. The number of carbonyl (C=O) groups is 2. The number of oxime groups is 1. The van der Waals surface area contributed by atoms with Gasteiger partial charge in [0, 0.05) is 25.1 Å². The van der Waals surface area contributed by atoms with Gasteiger partial charge in [0.25, 0.3) is 5.91 Å². The van der Waals surface area contributed by atoms with Crippen molar-refractivity contribution in [2.24, 2.45) is 5.16 Å². The van der Waals surface area contributed by atoms with Gasteiger partial charge >= 0.3 is 0 Å². The zero-order valence-electron chi connectivity index (χ0n) is 13.5. The second kappa shape index (κ2) is 6.98. The predicted molar refractivity (Wildman–Crippen MR) is 85.8 cm³/mol. The molecule has 0 aliphatic carbocycles. The third-order valence-corrected chi connectivity index (χ3v) is 4.27. The molecule has 2 atom stereocenters. The lowest BCUT2D eigenvalue weighted by Crippen LogP contribution is -2.48. The minimum absolute atomic E-state index is 0.0786. The van der Waals surface area contributed by atoms with Gasteiger partial charge in [0.15, 0.2) is 0 Å². The third-order valence-electron chi connectivity index (χ3n) is 4.27. The summed E-state index contributed by atoms with van der Waals surface area (Å²) in [4.78, 5) is 31.4. The fourth-order valence-electron chi connectivity index (χ4n) is 2.94. The Kier molecular flexibility index (Phi) is 4.78. The lowest BCUT2D eigenvalue weighted by molar-refractivity contribution is -0.138. The maximum atomic E-state index is 13.3. The Morgan fingerprint density at radius 2 is 2.12 bits per heavy atom. The topological polar surface area (TPSA) is 71.0 Å². The molecule has 1 aromatic rings. The minimum atomic E-state index is -0.794. The van der Waals surface area contributed by atoms with Crippen molar-refractivity contribution in [3.63, 3.8) is 0 Å². The Labute approximate surface area is 139 Å². The highest BCUT2D eigenvalue weighted by atomic mass is 19.1. The number of nitrogens with one attached hydrogen (secondary N) is 1. The smallest absolute Gasteiger partial charge is 0.264 e. The molecule has 2 unspecified atom stereocenters. The fourth-order valence-corrected chi connectivity index (χ4v) is 2.94. The third kappa shape index (κ3) is 3.55. The largest absolute Gasteiger partial charge is 0.382 e. The van der Waals surface area contributed by atoms with Crippen LogP contribution in [0.25, 0.3) is 0 Å². The second-order valence-corrected chi connectivity index (χ2v) is 6.11. The van der Waals surface area contributed by atoms with Gasteiger partial charge in [0.1, 0.15) is 11.9 Å². The van der Waals surface area contributed by atoms with Crippen LogP contribution in [0.1, 0.15) is 31.7 Å². The highest BCUT2D eigenvalue weighted by molar-refractivity contribution is 6.04. The molecule has 0 aromatic heterocycles. The standard InChI is InChI=1S/C17H20FN3O3/c1-11(17(23)21-7-2-3-8-21)19-16(22)15-10-14(20-24-15)12-5-4-6-13(18)9-12/h4-6,9,11,15H,2-3,7-8,10H2,1H3,(H,19,22). The van der Waals surface area contributed by atoms with E-state index in [0.717, 1.165) is 25.9 Å². The van der Waals surface area contributed by atoms with E-state index in [0.29, 0.717) is 11.3 Å². The summed E-state index contributed by atoms with van der Waals surface area (Å²) in [7, 11) is 0. The quantitative estimate of drug-likeness (QED) is 0.906. The predicted octanol–water partition coefficient (Wildman–Crippen LogP) is 1.45. The lowest BCUT2D eigenvalue weighted by atomic mass is 10.0. The van der Waals surface area contributed by atoms with Gasteiger partial charge in [-0.2, -0.15) is 0 Å². The molecule has 2 amide bonds. The van der Waals surface area contributed by atoms with Crippen LogP contribution in [0.15, 0.2) is 29.4 Å². The molecule has 1 saturated heterocycles. The van der Waals surface area contributed by atoms with Gasteiger partial charge in [0.05, 0.1) is 5.71 Å². The zero-order chi connectivity index (χ0) is 17.1. The van der Waals surface area contributed by atoms with Crippen LogP contribution in [0, 0.1) is 5.82 Å². The molecule has 0 radical (unpaired) electrons. The van der Waals surface area contributed by atoms with Crippen LogP contribution in [0.5, 0.6) is 0 Å². The van der Waals surface area contributed by atoms with Gasteiger partial charge < -0.3 is 15.1 Å². The Morgan fingerprint density at radius 3 is 2.83 bits per heavy atom. The van der Waals surface area contributed by atoms with Crippen LogP contribution >= 0.6 is 0 Å². The average Bonchev–Trinajstić information content (AvgIpc) is 3.25. The summed E-state index contributed by atoms with van der Waals surface area (Å²) in [6.07, 6.45) is 1.46. The molecule has 1 aromatic carbocycles. The number of carbonyl (C=O) groups excluding carboxylic acids is 2. The van der Waals surface area contributed by atoms with E-state index in [-0.39, 0.29) is 24.1 Å². The molecule has 0 bridgehead atoms. The summed E-state index contributed by atoms with van der Waals surface area (Å²) in [5.74, 6) is -0.830. The first-order valence-corrected chi connectivity index (χ1v) is 8.12. The molecule has 2 aliphatic rings. The molecule has 128 valence electrons. The fraction of sp³-hybridized carbons (Fsp3) is 0.471. The molecule has 1 fully saturated rings. The second-order valence-electron chi connectivity index (χ2n) is 6.11. The maximum Gasteiger partial charge on any atom is 0.264 e. The van der Waals surface area contributed by atoms with Crippen LogP contribution in [-0.2, 0) is 14.4 Å². The molecule has 3 rings (SSSR count). The Balaban J connectivity index is 1.54. The zero-order valence-corrected chi connectivity index (χ0v) is 13.5. The van der Waals surface area contributed by atoms with Gasteiger partial charge in [-0.3, -0.25) is 9.59 Å². The van der Waals surface area contributed by atoms with Crippen molar-refractivity contribution < 1.29 is 18.8 Å². The van der Waals surface area contributed by atoms with Gasteiger partial charge in [-0.1, -0.05) is 17.3 Å². The van der Waals surface area contributed by atoms with E-state index in [9.17, 15) is 14.0 Å². The Bertz CT molecular complexity index is 671. The maximum absolute atomic E-state index is 13.3. The molecular weight excluding hydrogens is 313 g/mol. The number of hydrogen-bond donors (Lipinski definition) is 1. The number of halogens is 1. The van der Waals surface area contributed by atoms with E-state index >= 15 is 0 Å². The molecule has 0 saturated carbocycles. The summed E-state index contributed by atoms with van der Waals surface area (Å²) in [5, 5.41) is 6.55. The van der Waals surface area contributed by atoms with E-state index in [4.69, 9.17) is 4.84 Å². The number of benzene rings is 1. The minimum Gasteiger partial charge on any atom is -0.382 e. The van der Waals surface area contributed by atoms with Crippen LogP contribution in [0.2, 0.25) is 0 Å². The van der Waals surface area contributed by atoms with Gasteiger partial charge in [-0.05, 0) is 31.9 Å². The van der Waals surface area contributed by atoms with E-state index in [1.54, 1.807) is 24.0 Å². The van der Waals surface area contributed by atoms with Crippen molar-refractivity contribution in [2.75, 3.05) is 13.1 Å². The average molecular weight is 333 g/mol. The van der Waals surface area contributed by atoms with E-state index in [2.05, 4.69) is 10.5 Å². The number of amides is 2. The number of nitrogens with zero attached hydrogens (tertiary/aromatic N) is 2. The molecule has 24 heavy (non-hydrogen) atoms. The summed E-state index contributed by atoms with van der Waals surface area (Å²) in [5.41, 5.74) is 1.11. The molecule has 1 N–H and O–H groups in total. The van der Waals surface area contributed by atoms with Crippen molar-refractivity contribution >= 4 is 17.5 Å². The Morgan fingerprint density at radius 1 is 1.38 bits per heavy atom. The van der Waals surface area contributed by atoms with Crippen LogP contribution in [0.4, 0.5) is 4.39 Å². The van der Waals surface area contributed by atoms with Crippen LogP contribution < -0.4 is 5.32 Å². The molecule has 6 nitrogen and oxygen atoms in total. The van der Waals surface area contributed by atoms with E-state index in [1.807, 2.05) is 0 Å². The summed E-state index contributed by atoms with van der Waals surface area (Å²) >= 11 is 0. The van der Waals surface area contributed by atoms with Crippen molar-refractivity contribution in [2.45, 2.75) is 38.3 Å². The molecule has 2 aliphatic heterocycles. The first-order chi connectivity index (χ1) is 11.5. The summed E-state index contributed by atoms with van der Waals surface area (Å²) in [6.45, 7) is 3.15. The van der Waals surface area contributed by atoms with Crippen LogP contribution in [0.3, 0.4) is 0 Å².